The van der Waals surface area contributed by atoms with Gasteiger partial charge in [0.25, 0.3) is 5.56 Å². The number of nitrogens with one attached hydrogen (secondary N) is 1. The van der Waals surface area contributed by atoms with Crippen molar-refractivity contribution in [1.82, 2.24) is 23.9 Å². The van der Waals surface area contributed by atoms with Gasteiger partial charge < -0.3 is 14.0 Å². The Morgan fingerprint density at radius 2 is 1.59 bits per heavy atom. The number of fused-ring (bicyclic) bond motifs is 1. The first-order valence-corrected chi connectivity index (χ1v) is 17.1. The summed E-state index contributed by atoms with van der Waals surface area (Å²) in [5.74, 6) is 1.16. The summed E-state index contributed by atoms with van der Waals surface area (Å²) in [4.78, 5) is 52.9. The third-order valence-corrected chi connectivity index (χ3v) is 11.5. The molecular formula is C38H45N5O6. The lowest BCUT2D eigenvalue weighted by Gasteiger charge is -2.54. The van der Waals surface area contributed by atoms with Crippen LogP contribution in [-0.2, 0) is 30.2 Å². The quantitative estimate of drug-likeness (QED) is 0.289. The maximum Gasteiger partial charge on any atom is 0.329 e. The van der Waals surface area contributed by atoms with Gasteiger partial charge in [0.1, 0.15) is 17.5 Å². The number of pyridine rings is 1. The van der Waals surface area contributed by atoms with E-state index < -0.39 is 11.9 Å². The molecular weight excluding hydrogens is 622 g/mol. The van der Waals surface area contributed by atoms with Crippen LogP contribution in [0.4, 0.5) is 0 Å². The Morgan fingerprint density at radius 1 is 0.918 bits per heavy atom. The average Bonchev–Trinajstić information content (AvgIpc) is 3.34. The zero-order valence-corrected chi connectivity index (χ0v) is 29.2. The highest BCUT2D eigenvalue weighted by Crippen LogP contribution is 2.50. The van der Waals surface area contributed by atoms with Gasteiger partial charge in [0.15, 0.2) is 0 Å². The molecule has 0 bridgehead atoms. The Bertz CT molecular complexity index is 2080. The molecule has 1 atom stereocenters. The number of carbonyl (C=O) groups excluding carboxylic acids is 2. The molecule has 11 nitrogen and oxygen atoms in total. The predicted octanol–water partition coefficient (Wildman–Crippen LogP) is 4.48. The molecule has 1 aliphatic carbocycles. The third kappa shape index (κ3) is 5.48. The number of hydrogen-bond donors (Lipinski definition) is 1. The largest absolute Gasteiger partial charge is 0.496 e. The van der Waals surface area contributed by atoms with Crippen molar-refractivity contribution in [3.63, 3.8) is 0 Å². The number of para-hydroxylation sites is 1. The van der Waals surface area contributed by atoms with Gasteiger partial charge in [-0.15, -0.1) is 0 Å². The maximum atomic E-state index is 13.5. The number of likely N-dealkylation sites (tertiary alicyclic amines) is 1. The van der Waals surface area contributed by atoms with Crippen LogP contribution < -0.4 is 26.0 Å². The number of imide groups is 1. The highest BCUT2D eigenvalue weighted by atomic mass is 16.5. The molecule has 2 aliphatic heterocycles. The third-order valence-electron chi connectivity index (χ3n) is 11.5. The minimum absolute atomic E-state index is 0.00378. The van der Waals surface area contributed by atoms with Crippen LogP contribution in [0.2, 0.25) is 0 Å². The first-order chi connectivity index (χ1) is 23.4. The molecule has 1 saturated carbocycles. The fraction of sp³-hybridized carbons (Fsp3) is 0.474. The van der Waals surface area contributed by atoms with Gasteiger partial charge in [-0.3, -0.25) is 33.7 Å². The van der Waals surface area contributed by atoms with Crippen molar-refractivity contribution in [2.75, 3.05) is 27.3 Å². The number of amides is 2. The summed E-state index contributed by atoms with van der Waals surface area (Å²) < 4.78 is 16.7. The Kier molecular flexibility index (Phi) is 8.29. The lowest BCUT2D eigenvalue weighted by Crippen LogP contribution is -2.56. The highest BCUT2D eigenvalue weighted by molar-refractivity contribution is 6.00. The van der Waals surface area contributed by atoms with E-state index in [0.717, 1.165) is 101 Å². The lowest BCUT2D eigenvalue weighted by molar-refractivity contribution is -0.135. The van der Waals surface area contributed by atoms with Crippen molar-refractivity contribution >= 4 is 22.8 Å². The summed E-state index contributed by atoms with van der Waals surface area (Å²) in [6.07, 6.45) is 6.70. The molecule has 4 heterocycles. The zero-order valence-electron chi connectivity index (χ0n) is 29.2. The Hall–Kier alpha value is -4.64. The Balaban J connectivity index is 1.06. The van der Waals surface area contributed by atoms with Crippen LogP contribution in [0.5, 0.6) is 11.5 Å². The van der Waals surface area contributed by atoms with Crippen molar-refractivity contribution in [2.24, 2.45) is 19.5 Å². The number of carbonyl (C=O) groups is 2. The normalized spacial score (nSPS) is 19.7. The lowest BCUT2D eigenvalue weighted by atomic mass is 9.64. The van der Waals surface area contributed by atoms with Gasteiger partial charge in [-0.25, -0.2) is 4.79 Å². The summed E-state index contributed by atoms with van der Waals surface area (Å²) in [6.45, 7) is 6.56. The molecule has 4 aromatic rings. The summed E-state index contributed by atoms with van der Waals surface area (Å²) in [6, 6.07) is 9.44. The van der Waals surface area contributed by atoms with E-state index in [0.29, 0.717) is 12.3 Å². The van der Waals surface area contributed by atoms with Crippen LogP contribution >= 0.6 is 0 Å². The van der Waals surface area contributed by atoms with Crippen LogP contribution in [0.1, 0.15) is 72.7 Å². The second kappa shape index (κ2) is 12.4. The number of benzene rings is 2. The smallest absolute Gasteiger partial charge is 0.329 e. The van der Waals surface area contributed by atoms with Gasteiger partial charge in [0.2, 0.25) is 11.8 Å². The molecule has 3 aliphatic rings. The van der Waals surface area contributed by atoms with Crippen LogP contribution in [0.25, 0.3) is 22.2 Å². The van der Waals surface area contributed by atoms with Gasteiger partial charge in [0.05, 0.1) is 30.8 Å². The molecule has 1 N–H and O–H groups in total. The van der Waals surface area contributed by atoms with Crippen LogP contribution in [0.15, 0.2) is 46.1 Å². The number of nitrogens with zero attached hydrogens (tertiary/aromatic N) is 4. The second-order valence-electron chi connectivity index (χ2n) is 14.4. The van der Waals surface area contributed by atoms with Crippen LogP contribution in [-0.4, -0.2) is 57.7 Å². The van der Waals surface area contributed by atoms with Gasteiger partial charge in [-0.05, 0) is 92.2 Å². The van der Waals surface area contributed by atoms with Crippen molar-refractivity contribution in [2.45, 2.75) is 70.9 Å². The second-order valence-corrected chi connectivity index (χ2v) is 14.4. The first-order valence-electron chi connectivity index (χ1n) is 17.1. The number of aromatic nitrogens is 3. The van der Waals surface area contributed by atoms with E-state index in [-0.39, 0.29) is 29.0 Å². The minimum Gasteiger partial charge on any atom is -0.496 e. The fourth-order valence-corrected chi connectivity index (χ4v) is 8.69. The summed E-state index contributed by atoms with van der Waals surface area (Å²) in [5, 5.41) is 2.40. The van der Waals surface area contributed by atoms with Gasteiger partial charge in [-0.1, -0.05) is 12.1 Å². The molecule has 2 amide bonds. The Morgan fingerprint density at radius 3 is 2.22 bits per heavy atom. The monoisotopic (exact) mass is 667 g/mol. The Labute approximate surface area is 285 Å². The minimum atomic E-state index is -0.685. The molecule has 2 saturated heterocycles. The molecule has 258 valence electrons. The highest BCUT2D eigenvalue weighted by Gasteiger charge is 2.46. The number of piperidine rings is 1. The molecule has 2 aromatic carbocycles. The molecule has 11 heteroatoms. The van der Waals surface area contributed by atoms with Crippen LogP contribution in [0.3, 0.4) is 0 Å². The summed E-state index contributed by atoms with van der Waals surface area (Å²) >= 11 is 0. The van der Waals surface area contributed by atoms with Crippen LogP contribution in [0, 0.1) is 19.3 Å². The topological polar surface area (TPSA) is 117 Å². The van der Waals surface area contributed by atoms with E-state index in [9.17, 15) is 19.2 Å². The average molecular weight is 668 g/mol. The predicted molar refractivity (Wildman–Crippen MR) is 187 cm³/mol. The van der Waals surface area contributed by atoms with E-state index in [1.807, 2.05) is 44.3 Å². The summed E-state index contributed by atoms with van der Waals surface area (Å²) in [7, 11) is 6.94. The molecule has 0 radical (unpaired) electrons. The number of ether oxygens (including phenoxy) is 2. The molecule has 1 unspecified atom stereocenters. The van der Waals surface area contributed by atoms with E-state index >= 15 is 0 Å². The van der Waals surface area contributed by atoms with E-state index in [2.05, 4.69) is 16.3 Å². The molecule has 3 fully saturated rings. The van der Waals surface area contributed by atoms with E-state index in [4.69, 9.17) is 9.47 Å². The van der Waals surface area contributed by atoms with Crippen molar-refractivity contribution in [1.29, 1.82) is 0 Å². The molecule has 49 heavy (non-hydrogen) atoms. The van der Waals surface area contributed by atoms with E-state index in [1.54, 1.807) is 42.0 Å². The number of methoxy groups -OCH3 is 2. The van der Waals surface area contributed by atoms with Crippen molar-refractivity contribution in [3.8, 4) is 22.6 Å². The van der Waals surface area contributed by atoms with E-state index in [1.165, 1.54) is 0 Å². The number of imidazole rings is 1. The SMILES string of the molecule is COc1cc(-c2cn(C)c(=O)c(C)c2C)cc(OC)c1CN1CC2(CCC(c3cccc4c3n(C)c(=O)n4C3CCC(=O)NC3=O)CC2)C1. The standard InChI is InChI=1S/C38H45N5O6/c1-22-23(2)36(46)40(3)18-27(22)25-16-31(48-5)28(32(17-25)49-6)19-42-20-38(21-42)14-12-24(13-15-38)26-8-7-9-29-34(26)41(4)37(47)43(29)30-10-11-33(44)39-35(30)45/h7-9,16-18,24,30H,10-15,19-21H2,1-6H3,(H,39,44,45). The zero-order chi connectivity index (χ0) is 34.8. The van der Waals surface area contributed by atoms with Gasteiger partial charge in [-0.2, -0.15) is 0 Å². The molecule has 7 rings (SSSR count). The fourth-order valence-electron chi connectivity index (χ4n) is 8.69. The maximum absolute atomic E-state index is 13.5. The number of aryl methyl sites for hydroxylation is 2. The van der Waals surface area contributed by atoms with Gasteiger partial charge >= 0.3 is 5.69 Å². The number of rotatable bonds is 7. The molecule has 1 spiro atoms. The summed E-state index contributed by atoms with van der Waals surface area (Å²) in [5.41, 5.74) is 7.47. The van der Waals surface area contributed by atoms with Crippen molar-refractivity contribution < 1.29 is 19.1 Å². The molecule has 2 aromatic heterocycles. The number of hydrogen-bond acceptors (Lipinski definition) is 7. The van der Waals surface area contributed by atoms with Crippen molar-refractivity contribution in [3.05, 3.63) is 79.6 Å². The first kappa shape index (κ1) is 32.9. The van der Waals surface area contributed by atoms with Gasteiger partial charge in [0, 0.05) is 57.5 Å².